The molecule has 5 heteroatoms. The molecule has 0 aliphatic heterocycles. The first-order valence-electron chi connectivity index (χ1n) is 6.57. The van der Waals surface area contributed by atoms with E-state index in [4.69, 9.17) is 16.3 Å². The van der Waals surface area contributed by atoms with Crippen molar-refractivity contribution in [2.24, 2.45) is 0 Å². The molecule has 0 bridgehead atoms. The van der Waals surface area contributed by atoms with Gasteiger partial charge in [0.25, 0.3) is 5.91 Å². The lowest BCUT2D eigenvalue weighted by atomic mass is 10.2. The molecule has 2 rings (SSSR count). The van der Waals surface area contributed by atoms with Crippen LogP contribution in [0.4, 0.5) is 5.69 Å². The molecule has 1 N–H and O–H groups in total. The van der Waals surface area contributed by atoms with Crippen LogP contribution in [0.25, 0.3) is 0 Å². The van der Waals surface area contributed by atoms with E-state index in [1.54, 1.807) is 24.3 Å². The van der Waals surface area contributed by atoms with E-state index in [0.29, 0.717) is 17.2 Å². The van der Waals surface area contributed by atoms with Crippen LogP contribution < -0.4 is 10.1 Å². The molecule has 0 saturated heterocycles. The van der Waals surface area contributed by atoms with E-state index in [0.717, 1.165) is 10.2 Å². The Morgan fingerprint density at radius 1 is 1.29 bits per heavy atom. The molecule has 0 spiro atoms. The standard InChI is InChI=1S/C16H15BrClNO2/c1-2-15(21-14-8-4-6-12(18)10-14)16(20)19-13-7-3-5-11(17)9-13/h3-10,15H,2H2,1H3,(H,19,20)/t15-/m1/s1. The van der Waals surface area contributed by atoms with Crippen molar-refractivity contribution in [3.63, 3.8) is 0 Å². The van der Waals surface area contributed by atoms with E-state index in [1.165, 1.54) is 0 Å². The Hall–Kier alpha value is -1.52. The van der Waals surface area contributed by atoms with Crippen LogP contribution in [-0.2, 0) is 4.79 Å². The number of carbonyl (C=O) groups excluding carboxylic acids is 1. The van der Waals surface area contributed by atoms with Crippen molar-refractivity contribution in [1.29, 1.82) is 0 Å². The molecule has 0 radical (unpaired) electrons. The van der Waals surface area contributed by atoms with Crippen LogP contribution in [0.5, 0.6) is 5.75 Å². The summed E-state index contributed by atoms with van der Waals surface area (Å²) < 4.78 is 6.61. The third-order valence-electron chi connectivity index (χ3n) is 2.83. The number of anilines is 1. The molecule has 2 aromatic carbocycles. The molecular formula is C16H15BrClNO2. The Morgan fingerprint density at radius 2 is 2.05 bits per heavy atom. The number of rotatable bonds is 5. The Labute approximate surface area is 137 Å². The minimum atomic E-state index is -0.567. The van der Waals surface area contributed by atoms with Crippen molar-refractivity contribution in [3.05, 3.63) is 58.0 Å². The van der Waals surface area contributed by atoms with Crippen molar-refractivity contribution in [2.75, 3.05) is 5.32 Å². The van der Waals surface area contributed by atoms with Gasteiger partial charge in [0.1, 0.15) is 5.75 Å². The van der Waals surface area contributed by atoms with Crippen molar-refractivity contribution < 1.29 is 9.53 Å². The second-order valence-corrected chi connectivity index (χ2v) is 5.82. The van der Waals surface area contributed by atoms with Gasteiger partial charge in [-0.25, -0.2) is 0 Å². The molecule has 1 atom stereocenters. The Morgan fingerprint density at radius 3 is 2.71 bits per heavy atom. The number of hydrogen-bond acceptors (Lipinski definition) is 2. The topological polar surface area (TPSA) is 38.3 Å². The zero-order valence-corrected chi connectivity index (χ0v) is 13.8. The highest BCUT2D eigenvalue weighted by Gasteiger charge is 2.18. The second kappa shape index (κ2) is 7.48. The second-order valence-electron chi connectivity index (χ2n) is 4.47. The van der Waals surface area contributed by atoms with Crippen LogP contribution in [0, 0.1) is 0 Å². The van der Waals surface area contributed by atoms with E-state index in [-0.39, 0.29) is 5.91 Å². The van der Waals surface area contributed by atoms with E-state index in [2.05, 4.69) is 21.2 Å². The fourth-order valence-electron chi connectivity index (χ4n) is 1.82. The summed E-state index contributed by atoms with van der Waals surface area (Å²) >= 11 is 9.28. The molecule has 0 heterocycles. The largest absolute Gasteiger partial charge is 0.481 e. The lowest BCUT2D eigenvalue weighted by Crippen LogP contribution is -2.32. The minimum Gasteiger partial charge on any atom is -0.481 e. The van der Waals surface area contributed by atoms with Crippen LogP contribution in [0.1, 0.15) is 13.3 Å². The van der Waals surface area contributed by atoms with Crippen LogP contribution in [0.2, 0.25) is 5.02 Å². The predicted molar refractivity (Wildman–Crippen MR) is 88.9 cm³/mol. The lowest BCUT2D eigenvalue weighted by Gasteiger charge is -2.17. The molecule has 0 unspecified atom stereocenters. The molecule has 1 amide bonds. The lowest BCUT2D eigenvalue weighted by molar-refractivity contribution is -0.122. The van der Waals surface area contributed by atoms with Gasteiger partial charge in [-0.15, -0.1) is 0 Å². The summed E-state index contributed by atoms with van der Waals surface area (Å²) in [5, 5.41) is 3.42. The quantitative estimate of drug-likeness (QED) is 0.815. The molecule has 0 aromatic heterocycles. The third-order valence-corrected chi connectivity index (χ3v) is 3.56. The maximum absolute atomic E-state index is 12.3. The summed E-state index contributed by atoms with van der Waals surface area (Å²) in [6.07, 6.45) is -0.00532. The Kier molecular flexibility index (Phi) is 5.65. The maximum Gasteiger partial charge on any atom is 0.265 e. The van der Waals surface area contributed by atoms with Crippen LogP contribution in [0.3, 0.4) is 0 Å². The minimum absolute atomic E-state index is 0.185. The smallest absolute Gasteiger partial charge is 0.265 e. The number of halogens is 2. The summed E-state index contributed by atoms with van der Waals surface area (Å²) in [6, 6.07) is 14.4. The fourth-order valence-corrected chi connectivity index (χ4v) is 2.40. The molecule has 0 aliphatic rings. The number of benzene rings is 2. The number of amides is 1. The molecule has 0 fully saturated rings. The average molecular weight is 369 g/mol. The van der Waals surface area contributed by atoms with Crippen LogP contribution in [0.15, 0.2) is 53.0 Å². The van der Waals surface area contributed by atoms with Crippen molar-refractivity contribution in [2.45, 2.75) is 19.4 Å². The summed E-state index contributed by atoms with van der Waals surface area (Å²) in [7, 11) is 0. The predicted octanol–water partition coefficient (Wildman–Crippen LogP) is 4.90. The van der Waals surface area contributed by atoms with Gasteiger partial charge < -0.3 is 10.1 Å². The third kappa shape index (κ3) is 4.76. The monoisotopic (exact) mass is 367 g/mol. The molecule has 3 nitrogen and oxygen atoms in total. The maximum atomic E-state index is 12.3. The molecule has 21 heavy (non-hydrogen) atoms. The average Bonchev–Trinajstić information content (AvgIpc) is 2.44. The van der Waals surface area contributed by atoms with Gasteiger partial charge in [0.15, 0.2) is 6.10 Å². The SMILES string of the molecule is CC[C@@H](Oc1cccc(Cl)c1)C(=O)Nc1cccc(Br)c1. The molecular weight excluding hydrogens is 354 g/mol. The summed E-state index contributed by atoms with van der Waals surface area (Å²) in [5.74, 6) is 0.398. The van der Waals surface area contributed by atoms with Gasteiger partial charge in [-0.3, -0.25) is 4.79 Å². The van der Waals surface area contributed by atoms with E-state index >= 15 is 0 Å². The highest BCUT2D eigenvalue weighted by molar-refractivity contribution is 9.10. The highest BCUT2D eigenvalue weighted by atomic mass is 79.9. The van der Waals surface area contributed by atoms with E-state index in [1.807, 2.05) is 31.2 Å². The van der Waals surface area contributed by atoms with Gasteiger partial charge >= 0.3 is 0 Å². The Bertz CT molecular complexity index is 633. The number of nitrogens with one attached hydrogen (secondary N) is 1. The zero-order chi connectivity index (χ0) is 15.2. The van der Waals surface area contributed by atoms with Gasteiger partial charge in [-0.1, -0.05) is 46.6 Å². The first-order valence-corrected chi connectivity index (χ1v) is 7.74. The van der Waals surface area contributed by atoms with Crippen molar-refractivity contribution in [1.82, 2.24) is 0 Å². The zero-order valence-electron chi connectivity index (χ0n) is 11.5. The van der Waals surface area contributed by atoms with Gasteiger partial charge in [0.05, 0.1) is 0 Å². The van der Waals surface area contributed by atoms with E-state index in [9.17, 15) is 4.79 Å². The van der Waals surface area contributed by atoms with Gasteiger partial charge in [0.2, 0.25) is 0 Å². The molecule has 0 saturated carbocycles. The highest BCUT2D eigenvalue weighted by Crippen LogP contribution is 2.20. The normalized spacial score (nSPS) is 11.8. The van der Waals surface area contributed by atoms with Gasteiger partial charge in [-0.2, -0.15) is 0 Å². The number of hydrogen-bond donors (Lipinski definition) is 1. The molecule has 2 aromatic rings. The van der Waals surface area contributed by atoms with Crippen molar-refractivity contribution in [3.8, 4) is 5.75 Å². The molecule has 110 valence electrons. The fraction of sp³-hybridized carbons (Fsp3) is 0.188. The molecule has 0 aliphatic carbocycles. The van der Waals surface area contributed by atoms with Crippen molar-refractivity contribution >= 4 is 39.1 Å². The summed E-state index contributed by atoms with van der Waals surface area (Å²) in [4.78, 5) is 12.3. The number of ether oxygens (including phenoxy) is 1. The van der Waals surface area contributed by atoms with Crippen LogP contribution in [-0.4, -0.2) is 12.0 Å². The van der Waals surface area contributed by atoms with Gasteiger partial charge in [0, 0.05) is 15.2 Å². The first-order chi connectivity index (χ1) is 10.1. The van der Waals surface area contributed by atoms with E-state index < -0.39 is 6.10 Å². The summed E-state index contributed by atoms with van der Waals surface area (Å²) in [5.41, 5.74) is 0.725. The Balaban J connectivity index is 2.05. The first kappa shape index (κ1) is 15.9. The summed E-state index contributed by atoms with van der Waals surface area (Å²) in [6.45, 7) is 1.90. The van der Waals surface area contributed by atoms with Gasteiger partial charge in [-0.05, 0) is 42.8 Å². The van der Waals surface area contributed by atoms with Crippen LogP contribution >= 0.6 is 27.5 Å². The number of carbonyl (C=O) groups is 1.